The van der Waals surface area contributed by atoms with Gasteiger partial charge in [0.1, 0.15) is 17.3 Å². The Balaban J connectivity index is 1.60. The molecule has 0 aliphatic heterocycles. The number of pyridine rings is 1. The van der Waals surface area contributed by atoms with Crippen LogP contribution < -0.4 is 4.74 Å². The molecule has 3 aromatic heterocycles. The summed E-state index contributed by atoms with van der Waals surface area (Å²) in [7, 11) is 1.53. The van der Waals surface area contributed by atoms with Gasteiger partial charge < -0.3 is 9.72 Å². The molecule has 5 aromatic rings. The molecular formula is C23H17FN4O. The van der Waals surface area contributed by atoms with Crippen LogP contribution in [-0.4, -0.2) is 27.3 Å². The smallest absolute Gasteiger partial charge is 0.127 e. The van der Waals surface area contributed by atoms with Gasteiger partial charge in [-0.3, -0.25) is 10.1 Å². The normalized spacial score (nSPS) is 11.1. The van der Waals surface area contributed by atoms with Crippen LogP contribution >= 0.6 is 0 Å². The van der Waals surface area contributed by atoms with E-state index in [0.717, 1.165) is 44.7 Å². The summed E-state index contributed by atoms with van der Waals surface area (Å²) in [5.41, 5.74) is 6.16. The molecule has 6 heteroatoms. The van der Waals surface area contributed by atoms with Gasteiger partial charge in [-0.05, 0) is 53.6 Å². The Morgan fingerprint density at radius 1 is 0.931 bits per heavy atom. The maximum Gasteiger partial charge on any atom is 0.127 e. The van der Waals surface area contributed by atoms with Crippen molar-refractivity contribution < 1.29 is 9.13 Å². The first-order valence-electron chi connectivity index (χ1n) is 9.14. The van der Waals surface area contributed by atoms with E-state index < -0.39 is 0 Å². The first kappa shape index (κ1) is 17.2. The van der Waals surface area contributed by atoms with Gasteiger partial charge in [0.05, 0.1) is 18.5 Å². The molecule has 0 atom stereocenters. The van der Waals surface area contributed by atoms with E-state index in [0.29, 0.717) is 5.75 Å². The number of rotatable bonds is 4. The third-order valence-corrected chi connectivity index (χ3v) is 4.91. The highest BCUT2D eigenvalue weighted by Gasteiger charge is 2.13. The second-order valence-corrected chi connectivity index (χ2v) is 6.74. The predicted molar refractivity (Wildman–Crippen MR) is 111 cm³/mol. The Morgan fingerprint density at radius 3 is 2.69 bits per heavy atom. The van der Waals surface area contributed by atoms with E-state index in [1.807, 2.05) is 48.5 Å². The first-order chi connectivity index (χ1) is 14.2. The molecule has 0 saturated heterocycles. The maximum atomic E-state index is 14.0. The Kier molecular flexibility index (Phi) is 4.09. The summed E-state index contributed by atoms with van der Waals surface area (Å²) in [6.45, 7) is 0. The van der Waals surface area contributed by atoms with Crippen molar-refractivity contribution in [1.29, 1.82) is 0 Å². The van der Waals surface area contributed by atoms with Crippen molar-refractivity contribution in [2.75, 3.05) is 7.11 Å². The van der Waals surface area contributed by atoms with Crippen LogP contribution in [0.3, 0.4) is 0 Å². The number of aromatic nitrogens is 4. The summed E-state index contributed by atoms with van der Waals surface area (Å²) in [4.78, 5) is 7.55. The molecule has 0 saturated carbocycles. The molecule has 29 heavy (non-hydrogen) atoms. The molecule has 0 radical (unpaired) electrons. The highest BCUT2D eigenvalue weighted by Crippen LogP contribution is 2.34. The van der Waals surface area contributed by atoms with E-state index in [9.17, 15) is 4.39 Å². The van der Waals surface area contributed by atoms with Crippen LogP contribution in [0.25, 0.3) is 44.7 Å². The maximum absolute atomic E-state index is 14.0. The fourth-order valence-corrected chi connectivity index (χ4v) is 3.51. The summed E-state index contributed by atoms with van der Waals surface area (Å²) < 4.78 is 19.2. The molecule has 0 spiro atoms. The van der Waals surface area contributed by atoms with Crippen molar-refractivity contribution in [2.45, 2.75) is 0 Å². The van der Waals surface area contributed by atoms with E-state index in [-0.39, 0.29) is 5.82 Å². The summed E-state index contributed by atoms with van der Waals surface area (Å²) in [6.07, 6.45) is 3.53. The summed E-state index contributed by atoms with van der Waals surface area (Å²) in [5.74, 6) is 0.154. The number of halogens is 1. The van der Waals surface area contributed by atoms with Gasteiger partial charge in [-0.2, -0.15) is 5.10 Å². The zero-order chi connectivity index (χ0) is 19.8. The number of aromatic amines is 2. The molecule has 2 aromatic carbocycles. The van der Waals surface area contributed by atoms with Crippen LogP contribution in [-0.2, 0) is 0 Å². The molecule has 0 unspecified atom stereocenters. The summed E-state index contributed by atoms with van der Waals surface area (Å²) in [5, 5.41) is 8.48. The third-order valence-electron chi connectivity index (χ3n) is 4.91. The molecule has 0 fully saturated rings. The first-order valence-corrected chi connectivity index (χ1v) is 9.14. The molecule has 5 rings (SSSR count). The molecular weight excluding hydrogens is 367 g/mol. The van der Waals surface area contributed by atoms with Gasteiger partial charge in [0.2, 0.25) is 0 Å². The molecule has 0 amide bonds. The van der Waals surface area contributed by atoms with E-state index in [2.05, 4.69) is 20.2 Å². The number of H-pyrrole nitrogens is 2. The number of hydrogen-bond donors (Lipinski definition) is 2. The van der Waals surface area contributed by atoms with Crippen molar-refractivity contribution in [3.63, 3.8) is 0 Å². The number of benzene rings is 2. The van der Waals surface area contributed by atoms with Crippen LogP contribution in [0.4, 0.5) is 4.39 Å². The van der Waals surface area contributed by atoms with Gasteiger partial charge in [-0.25, -0.2) is 4.39 Å². The van der Waals surface area contributed by atoms with Crippen molar-refractivity contribution in [3.05, 3.63) is 78.9 Å². The van der Waals surface area contributed by atoms with Crippen molar-refractivity contribution in [3.8, 4) is 39.5 Å². The average Bonchev–Trinajstić information content (AvgIpc) is 3.40. The number of fused-ring (bicyclic) bond motifs is 1. The van der Waals surface area contributed by atoms with E-state index in [1.165, 1.54) is 19.2 Å². The number of ether oxygens (including phenoxy) is 1. The van der Waals surface area contributed by atoms with Gasteiger partial charge in [0.15, 0.2) is 0 Å². The van der Waals surface area contributed by atoms with Crippen molar-refractivity contribution in [2.24, 2.45) is 0 Å². The highest BCUT2D eigenvalue weighted by atomic mass is 19.1. The minimum absolute atomic E-state index is 0.333. The summed E-state index contributed by atoms with van der Waals surface area (Å²) in [6, 6.07) is 18.5. The topological polar surface area (TPSA) is 66.6 Å². The van der Waals surface area contributed by atoms with Crippen molar-refractivity contribution in [1.82, 2.24) is 20.2 Å². The number of hydrogen-bond acceptors (Lipinski definition) is 3. The van der Waals surface area contributed by atoms with Crippen LogP contribution in [0.1, 0.15) is 0 Å². The van der Waals surface area contributed by atoms with Crippen molar-refractivity contribution >= 4 is 10.9 Å². The average molecular weight is 384 g/mol. The Hall–Kier alpha value is -3.93. The fourth-order valence-electron chi connectivity index (χ4n) is 3.51. The number of nitrogens with one attached hydrogen (secondary N) is 2. The lowest BCUT2D eigenvalue weighted by molar-refractivity contribution is 0.411. The summed E-state index contributed by atoms with van der Waals surface area (Å²) >= 11 is 0. The Labute approximate surface area is 166 Å². The molecule has 2 N–H and O–H groups in total. The molecule has 3 heterocycles. The molecule has 0 aliphatic rings. The highest BCUT2D eigenvalue weighted by molar-refractivity contribution is 5.98. The molecule has 5 nitrogen and oxygen atoms in total. The molecule has 0 aliphatic carbocycles. The predicted octanol–water partition coefficient (Wildman–Crippen LogP) is 5.43. The minimum atomic E-state index is -0.333. The third kappa shape index (κ3) is 3.14. The lowest BCUT2D eigenvalue weighted by Gasteiger charge is -2.07. The zero-order valence-corrected chi connectivity index (χ0v) is 15.6. The van der Waals surface area contributed by atoms with Crippen LogP contribution in [0.5, 0.6) is 5.75 Å². The van der Waals surface area contributed by atoms with E-state index in [1.54, 1.807) is 12.4 Å². The van der Waals surface area contributed by atoms with Gasteiger partial charge in [-0.1, -0.05) is 12.1 Å². The minimum Gasteiger partial charge on any atom is -0.497 e. The Morgan fingerprint density at radius 2 is 1.86 bits per heavy atom. The Bertz CT molecular complexity index is 1310. The van der Waals surface area contributed by atoms with E-state index in [4.69, 9.17) is 4.74 Å². The van der Waals surface area contributed by atoms with Gasteiger partial charge in [-0.15, -0.1) is 0 Å². The lowest BCUT2D eigenvalue weighted by Crippen LogP contribution is -1.87. The van der Waals surface area contributed by atoms with Gasteiger partial charge in [0.25, 0.3) is 0 Å². The second kappa shape index (κ2) is 6.91. The zero-order valence-electron chi connectivity index (χ0n) is 15.6. The fraction of sp³-hybridized carbons (Fsp3) is 0.0435. The van der Waals surface area contributed by atoms with Crippen LogP contribution in [0.2, 0.25) is 0 Å². The number of nitrogens with zero attached hydrogens (tertiary/aromatic N) is 2. The largest absolute Gasteiger partial charge is 0.497 e. The van der Waals surface area contributed by atoms with Gasteiger partial charge >= 0.3 is 0 Å². The SMILES string of the molecule is COc1cc(F)cc(-c2cccc3[nH]c(-c4cc(-c5cccnc5)[nH]n4)cc23)c1. The standard InChI is InChI=1S/C23H17FN4O/c1-29-17-9-15(8-16(24)10-17)18-5-2-6-20-19(18)11-22(26-20)23-12-21(27-28-23)14-4-3-7-25-13-14/h2-13,26H,1H3,(H,27,28). The van der Waals surface area contributed by atoms with Crippen LogP contribution in [0.15, 0.2) is 73.1 Å². The quantitative estimate of drug-likeness (QED) is 0.434. The van der Waals surface area contributed by atoms with E-state index >= 15 is 0 Å². The second-order valence-electron chi connectivity index (χ2n) is 6.74. The number of methoxy groups -OCH3 is 1. The monoisotopic (exact) mass is 384 g/mol. The lowest BCUT2D eigenvalue weighted by atomic mass is 10.0. The molecule has 142 valence electrons. The van der Waals surface area contributed by atoms with Crippen LogP contribution in [0, 0.1) is 5.82 Å². The van der Waals surface area contributed by atoms with Gasteiger partial charge in [0, 0.05) is 34.9 Å². The molecule has 0 bridgehead atoms.